The zero-order valence-corrected chi connectivity index (χ0v) is 15.7. The SMILES string of the molecule is OCCCn1ccc(-c2cccc(-c3ccc(CN4CCCC4)cc3)c2)n1. The number of hydrogen-bond donors (Lipinski definition) is 1. The lowest BCUT2D eigenvalue weighted by molar-refractivity contribution is 0.277. The molecule has 1 N–H and O–H groups in total. The van der Waals surface area contributed by atoms with E-state index in [4.69, 9.17) is 5.11 Å². The first kappa shape index (κ1) is 18.0. The van der Waals surface area contributed by atoms with Gasteiger partial charge in [-0.05, 0) is 61.2 Å². The lowest BCUT2D eigenvalue weighted by Gasteiger charge is -2.14. The average Bonchev–Trinajstić information content (AvgIpc) is 3.39. The quantitative estimate of drug-likeness (QED) is 0.686. The predicted molar refractivity (Wildman–Crippen MR) is 109 cm³/mol. The van der Waals surface area contributed by atoms with Gasteiger partial charge < -0.3 is 5.11 Å². The fraction of sp³-hybridized carbons (Fsp3) is 0.348. The van der Waals surface area contributed by atoms with Crippen LogP contribution in [0.4, 0.5) is 0 Å². The second-order valence-electron chi connectivity index (χ2n) is 7.30. The molecular weight excluding hydrogens is 334 g/mol. The highest BCUT2D eigenvalue weighted by molar-refractivity contribution is 5.71. The van der Waals surface area contributed by atoms with Gasteiger partial charge in [0.2, 0.25) is 0 Å². The molecule has 3 aromatic rings. The molecule has 4 nitrogen and oxygen atoms in total. The van der Waals surface area contributed by atoms with E-state index in [9.17, 15) is 0 Å². The second-order valence-corrected chi connectivity index (χ2v) is 7.30. The maximum atomic E-state index is 8.97. The molecule has 0 atom stereocenters. The van der Waals surface area contributed by atoms with Crippen LogP contribution >= 0.6 is 0 Å². The Labute approximate surface area is 161 Å². The van der Waals surface area contributed by atoms with Gasteiger partial charge in [-0.15, -0.1) is 0 Å². The summed E-state index contributed by atoms with van der Waals surface area (Å²) in [5, 5.41) is 13.6. The highest BCUT2D eigenvalue weighted by Crippen LogP contribution is 2.26. The van der Waals surface area contributed by atoms with Gasteiger partial charge in [-0.3, -0.25) is 9.58 Å². The van der Waals surface area contributed by atoms with E-state index in [1.54, 1.807) is 0 Å². The molecule has 1 aliphatic heterocycles. The van der Waals surface area contributed by atoms with E-state index in [1.165, 1.54) is 42.6 Å². The highest BCUT2D eigenvalue weighted by atomic mass is 16.3. The number of aliphatic hydroxyl groups excluding tert-OH is 1. The van der Waals surface area contributed by atoms with Gasteiger partial charge >= 0.3 is 0 Å². The van der Waals surface area contributed by atoms with Crippen LogP contribution in [0.2, 0.25) is 0 Å². The molecule has 4 heteroatoms. The van der Waals surface area contributed by atoms with E-state index in [2.05, 4.69) is 58.5 Å². The molecule has 2 aromatic carbocycles. The minimum absolute atomic E-state index is 0.193. The lowest BCUT2D eigenvalue weighted by atomic mass is 10.0. The molecule has 4 rings (SSSR count). The topological polar surface area (TPSA) is 41.3 Å². The third-order valence-corrected chi connectivity index (χ3v) is 5.24. The molecule has 0 unspecified atom stereocenters. The Balaban J connectivity index is 1.49. The highest BCUT2D eigenvalue weighted by Gasteiger charge is 2.11. The maximum Gasteiger partial charge on any atom is 0.0923 e. The molecule has 27 heavy (non-hydrogen) atoms. The van der Waals surface area contributed by atoms with Crippen LogP contribution in [0.3, 0.4) is 0 Å². The first-order valence-electron chi connectivity index (χ1n) is 9.88. The number of aromatic nitrogens is 2. The zero-order chi connectivity index (χ0) is 18.5. The molecule has 1 fully saturated rings. The van der Waals surface area contributed by atoms with Gasteiger partial charge in [0.1, 0.15) is 0 Å². The first-order chi connectivity index (χ1) is 13.3. The monoisotopic (exact) mass is 361 g/mol. The lowest BCUT2D eigenvalue weighted by Crippen LogP contribution is -2.18. The Bertz CT molecular complexity index is 863. The van der Waals surface area contributed by atoms with Crippen LogP contribution in [0, 0.1) is 0 Å². The standard InChI is InChI=1S/C23H27N3O/c27-16-4-14-26-15-11-23(24-26)22-6-3-5-21(17-22)20-9-7-19(8-10-20)18-25-12-1-2-13-25/h3,5-11,15,17,27H,1-2,4,12-14,16,18H2. The number of aryl methyl sites for hydroxylation is 1. The van der Waals surface area contributed by atoms with Crippen LogP contribution in [0.25, 0.3) is 22.4 Å². The van der Waals surface area contributed by atoms with Crippen molar-refractivity contribution < 1.29 is 5.11 Å². The summed E-state index contributed by atoms with van der Waals surface area (Å²) in [7, 11) is 0. The van der Waals surface area contributed by atoms with Crippen molar-refractivity contribution in [1.29, 1.82) is 0 Å². The number of aliphatic hydroxyl groups is 1. The molecule has 0 spiro atoms. The third kappa shape index (κ3) is 4.46. The summed E-state index contributed by atoms with van der Waals surface area (Å²) in [6.45, 7) is 4.46. The summed E-state index contributed by atoms with van der Waals surface area (Å²) >= 11 is 0. The number of benzene rings is 2. The summed E-state index contributed by atoms with van der Waals surface area (Å²) in [6.07, 6.45) is 5.37. The molecule has 0 saturated carbocycles. The Morgan fingerprint density at radius 1 is 0.889 bits per heavy atom. The summed E-state index contributed by atoms with van der Waals surface area (Å²) < 4.78 is 1.89. The van der Waals surface area contributed by atoms with Crippen LogP contribution in [-0.2, 0) is 13.1 Å². The maximum absolute atomic E-state index is 8.97. The zero-order valence-electron chi connectivity index (χ0n) is 15.7. The van der Waals surface area contributed by atoms with Crippen molar-refractivity contribution in [3.05, 3.63) is 66.4 Å². The van der Waals surface area contributed by atoms with Crippen LogP contribution in [0.15, 0.2) is 60.8 Å². The van der Waals surface area contributed by atoms with Crippen molar-refractivity contribution in [1.82, 2.24) is 14.7 Å². The number of hydrogen-bond acceptors (Lipinski definition) is 3. The Morgan fingerprint density at radius 3 is 2.44 bits per heavy atom. The Hall–Kier alpha value is -2.43. The minimum Gasteiger partial charge on any atom is -0.396 e. The Morgan fingerprint density at radius 2 is 1.67 bits per heavy atom. The molecule has 1 aromatic heterocycles. The molecule has 1 saturated heterocycles. The molecule has 0 aliphatic carbocycles. The summed E-state index contributed by atoms with van der Waals surface area (Å²) in [5.41, 5.74) is 5.93. The largest absolute Gasteiger partial charge is 0.396 e. The number of likely N-dealkylation sites (tertiary alicyclic amines) is 1. The van der Waals surface area contributed by atoms with Crippen molar-refractivity contribution >= 4 is 0 Å². The molecule has 0 bridgehead atoms. The molecular formula is C23H27N3O. The van der Waals surface area contributed by atoms with Gasteiger partial charge in [0.15, 0.2) is 0 Å². The molecule has 0 radical (unpaired) electrons. The van der Waals surface area contributed by atoms with E-state index in [0.717, 1.165) is 30.8 Å². The first-order valence-corrected chi connectivity index (χ1v) is 9.88. The van der Waals surface area contributed by atoms with Crippen LogP contribution < -0.4 is 0 Å². The van der Waals surface area contributed by atoms with Gasteiger partial charge in [0, 0.05) is 31.5 Å². The van der Waals surface area contributed by atoms with Gasteiger partial charge in [0.25, 0.3) is 0 Å². The van der Waals surface area contributed by atoms with Crippen LogP contribution in [0.1, 0.15) is 24.8 Å². The molecule has 1 aliphatic rings. The summed E-state index contributed by atoms with van der Waals surface area (Å²) in [5.74, 6) is 0. The van der Waals surface area contributed by atoms with Gasteiger partial charge in [-0.2, -0.15) is 5.10 Å². The summed E-state index contributed by atoms with van der Waals surface area (Å²) in [6, 6.07) is 19.5. The van der Waals surface area contributed by atoms with E-state index in [-0.39, 0.29) is 6.61 Å². The normalized spacial score (nSPS) is 14.7. The van der Waals surface area contributed by atoms with Crippen molar-refractivity contribution in [3.63, 3.8) is 0 Å². The third-order valence-electron chi connectivity index (χ3n) is 5.24. The van der Waals surface area contributed by atoms with Crippen LogP contribution in [0.5, 0.6) is 0 Å². The van der Waals surface area contributed by atoms with Crippen molar-refractivity contribution in [3.8, 4) is 22.4 Å². The van der Waals surface area contributed by atoms with E-state index < -0.39 is 0 Å². The van der Waals surface area contributed by atoms with Gasteiger partial charge in [0.05, 0.1) is 5.69 Å². The average molecular weight is 361 g/mol. The van der Waals surface area contributed by atoms with Crippen molar-refractivity contribution in [2.45, 2.75) is 32.4 Å². The Kier molecular flexibility index (Phi) is 5.66. The second kappa shape index (κ2) is 8.51. The molecule has 2 heterocycles. The van der Waals surface area contributed by atoms with E-state index in [1.807, 2.05) is 16.9 Å². The predicted octanol–water partition coefficient (Wildman–Crippen LogP) is 4.20. The summed E-state index contributed by atoms with van der Waals surface area (Å²) in [4.78, 5) is 2.53. The fourth-order valence-corrected chi connectivity index (χ4v) is 3.73. The van der Waals surface area contributed by atoms with Gasteiger partial charge in [-0.25, -0.2) is 0 Å². The molecule has 140 valence electrons. The van der Waals surface area contributed by atoms with Crippen molar-refractivity contribution in [2.75, 3.05) is 19.7 Å². The van der Waals surface area contributed by atoms with E-state index >= 15 is 0 Å². The smallest absolute Gasteiger partial charge is 0.0923 e. The molecule has 0 amide bonds. The fourth-order valence-electron chi connectivity index (χ4n) is 3.73. The number of nitrogens with zero attached hydrogens (tertiary/aromatic N) is 3. The number of rotatable bonds is 7. The minimum atomic E-state index is 0.193. The van der Waals surface area contributed by atoms with E-state index in [0.29, 0.717) is 0 Å². The van der Waals surface area contributed by atoms with Crippen LogP contribution in [-0.4, -0.2) is 39.5 Å². The van der Waals surface area contributed by atoms with Crippen molar-refractivity contribution in [2.24, 2.45) is 0 Å². The van der Waals surface area contributed by atoms with Gasteiger partial charge in [-0.1, -0.05) is 42.5 Å².